The van der Waals surface area contributed by atoms with Gasteiger partial charge in [0.05, 0.1) is 19.8 Å². The molecule has 23 heavy (non-hydrogen) atoms. The Morgan fingerprint density at radius 2 is 1.61 bits per heavy atom. The summed E-state index contributed by atoms with van der Waals surface area (Å²) in [6.07, 6.45) is 0. The Hall–Kier alpha value is -2.09. The van der Waals surface area contributed by atoms with Crippen LogP contribution in [0.25, 0.3) is 0 Å². The van der Waals surface area contributed by atoms with Gasteiger partial charge in [-0.25, -0.2) is 4.79 Å². The number of methoxy groups -OCH3 is 2. The molecule has 0 heterocycles. The van der Waals surface area contributed by atoms with Crippen molar-refractivity contribution in [2.24, 2.45) is 0 Å². The van der Waals surface area contributed by atoms with Gasteiger partial charge in [-0.05, 0) is 52.9 Å². The van der Waals surface area contributed by atoms with Crippen molar-refractivity contribution in [1.82, 2.24) is 0 Å². The first kappa shape index (κ1) is 17.3. The molecule has 2 aromatic rings. The molecule has 0 saturated heterocycles. The number of carbonyl (C=O) groups excluding carboxylic acids is 2. The number of ether oxygens (including phenoxy) is 3. The highest BCUT2D eigenvalue weighted by Crippen LogP contribution is 2.28. The van der Waals surface area contributed by atoms with Gasteiger partial charge in [0.1, 0.15) is 0 Å². The first-order valence-electron chi connectivity index (χ1n) is 6.73. The van der Waals surface area contributed by atoms with Gasteiger partial charge in [0.2, 0.25) is 0 Å². The molecule has 2 rings (SSSR count). The Morgan fingerprint density at radius 1 is 0.957 bits per heavy atom. The normalized spacial score (nSPS) is 10.0. The summed E-state index contributed by atoms with van der Waals surface area (Å²) in [5.74, 6) is 0.146. The second kappa shape index (κ2) is 7.96. The van der Waals surface area contributed by atoms with Crippen LogP contribution in [-0.4, -0.2) is 32.6 Å². The van der Waals surface area contributed by atoms with Gasteiger partial charge in [-0.1, -0.05) is 12.1 Å². The van der Waals surface area contributed by atoms with Crippen LogP contribution in [0, 0.1) is 3.57 Å². The Labute approximate surface area is 147 Å². The highest BCUT2D eigenvalue weighted by atomic mass is 127. The Balaban J connectivity index is 2.09. The second-order valence-corrected chi connectivity index (χ2v) is 5.82. The van der Waals surface area contributed by atoms with Gasteiger partial charge in [0.25, 0.3) is 0 Å². The molecule has 2 aromatic carbocycles. The zero-order valence-electron chi connectivity index (χ0n) is 12.7. The van der Waals surface area contributed by atoms with E-state index in [-0.39, 0.29) is 12.4 Å². The first-order chi connectivity index (χ1) is 11.0. The number of esters is 1. The minimum absolute atomic E-state index is 0.117. The van der Waals surface area contributed by atoms with Gasteiger partial charge >= 0.3 is 5.97 Å². The number of Topliss-reactive ketones (excluding diaryl/α,β-unsaturated/α-hetero) is 1. The zero-order chi connectivity index (χ0) is 16.8. The molecule has 0 spiro atoms. The number of halogens is 1. The van der Waals surface area contributed by atoms with Crippen molar-refractivity contribution in [3.63, 3.8) is 0 Å². The van der Waals surface area contributed by atoms with E-state index in [9.17, 15) is 9.59 Å². The summed E-state index contributed by atoms with van der Waals surface area (Å²) in [5, 5.41) is 0. The maximum atomic E-state index is 12.1. The summed E-state index contributed by atoms with van der Waals surface area (Å²) in [6, 6.07) is 11.9. The number of hydrogen-bond donors (Lipinski definition) is 0. The number of carbonyl (C=O) groups is 2. The number of rotatable bonds is 6. The van der Waals surface area contributed by atoms with E-state index in [2.05, 4.69) is 27.3 Å². The topological polar surface area (TPSA) is 61.8 Å². The predicted octanol–water partition coefficient (Wildman–Crippen LogP) is 3.35. The SMILES string of the molecule is COC(=O)c1ccc(OCC(=O)c2ccc(I)cc2)c(OC)c1. The molecule has 120 valence electrons. The van der Waals surface area contributed by atoms with Crippen LogP contribution in [0.15, 0.2) is 42.5 Å². The molecule has 0 radical (unpaired) electrons. The molecular formula is C17H15IO5. The second-order valence-electron chi connectivity index (χ2n) is 4.58. The summed E-state index contributed by atoms with van der Waals surface area (Å²) in [7, 11) is 2.77. The van der Waals surface area contributed by atoms with Crippen LogP contribution < -0.4 is 9.47 Å². The van der Waals surface area contributed by atoms with Crippen molar-refractivity contribution in [3.05, 3.63) is 57.2 Å². The van der Waals surface area contributed by atoms with Gasteiger partial charge in [-0.15, -0.1) is 0 Å². The minimum Gasteiger partial charge on any atom is -0.493 e. The van der Waals surface area contributed by atoms with E-state index < -0.39 is 5.97 Å². The lowest BCUT2D eigenvalue weighted by atomic mass is 10.1. The van der Waals surface area contributed by atoms with Crippen LogP contribution in [0.2, 0.25) is 0 Å². The molecule has 0 fully saturated rings. The molecule has 0 aromatic heterocycles. The number of benzene rings is 2. The summed E-state index contributed by atoms with van der Waals surface area (Å²) in [6.45, 7) is -0.117. The van der Waals surface area contributed by atoms with Crippen molar-refractivity contribution >= 4 is 34.3 Å². The molecule has 0 aliphatic carbocycles. The molecule has 6 heteroatoms. The number of ketones is 1. The standard InChI is InChI=1S/C17H15IO5/c1-21-16-9-12(17(20)22-2)5-8-15(16)23-10-14(19)11-3-6-13(18)7-4-11/h3-9H,10H2,1-2H3. The molecule has 0 bridgehead atoms. The third-order valence-electron chi connectivity index (χ3n) is 3.11. The molecule has 0 atom stereocenters. The predicted molar refractivity (Wildman–Crippen MR) is 93.3 cm³/mol. The summed E-state index contributed by atoms with van der Waals surface area (Å²) in [4.78, 5) is 23.6. The minimum atomic E-state index is -0.468. The van der Waals surface area contributed by atoms with E-state index in [4.69, 9.17) is 9.47 Å². The lowest BCUT2D eigenvalue weighted by molar-refractivity contribution is 0.0600. The smallest absolute Gasteiger partial charge is 0.337 e. The molecule has 5 nitrogen and oxygen atoms in total. The van der Waals surface area contributed by atoms with E-state index in [1.165, 1.54) is 20.3 Å². The van der Waals surface area contributed by atoms with E-state index in [0.717, 1.165) is 3.57 Å². The van der Waals surface area contributed by atoms with Crippen LogP contribution in [0.1, 0.15) is 20.7 Å². The van der Waals surface area contributed by atoms with Gasteiger partial charge in [0.15, 0.2) is 23.9 Å². The maximum absolute atomic E-state index is 12.1. The molecular weight excluding hydrogens is 411 g/mol. The van der Waals surface area contributed by atoms with Gasteiger partial charge < -0.3 is 14.2 Å². The van der Waals surface area contributed by atoms with E-state index in [1.807, 2.05) is 12.1 Å². The fourth-order valence-corrected chi connectivity index (χ4v) is 2.25. The van der Waals surface area contributed by atoms with Crippen LogP contribution in [0.3, 0.4) is 0 Å². The van der Waals surface area contributed by atoms with Crippen molar-refractivity contribution < 1.29 is 23.8 Å². The van der Waals surface area contributed by atoms with Crippen LogP contribution in [-0.2, 0) is 4.74 Å². The largest absolute Gasteiger partial charge is 0.493 e. The fourth-order valence-electron chi connectivity index (χ4n) is 1.89. The molecule has 0 aliphatic rings. The van der Waals surface area contributed by atoms with Crippen molar-refractivity contribution in [1.29, 1.82) is 0 Å². The molecule has 0 amide bonds. The lowest BCUT2D eigenvalue weighted by Crippen LogP contribution is -2.12. The zero-order valence-corrected chi connectivity index (χ0v) is 14.8. The van der Waals surface area contributed by atoms with Crippen molar-refractivity contribution in [2.45, 2.75) is 0 Å². The Bertz CT molecular complexity index is 709. The quantitative estimate of drug-likeness (QED) is 0.403. The summed E-state index contributed by atoms with van der Waals surface area (Å²) < 4.78 is 16.4. The van der Waals surface area contributed by atoms with E-state index in [1.54, 1.807) is 24.3 Å². The average Bonchev–Trinajstić information content (AvgIpc) is 2.59. The Kier molecular flexibility index (Phi) is 5.97. The van der Waals surface area contributed by atoms with Crippen LogP contribution in [0.5, 0.6) is 11.5 Å². The first-order valence-corrected chi connectivity index (χ1v) is 7.81. The third-order valence-corrected chi connectivity index (χ3v) is 3.83. The third kappa shape index (κ3) is 4.44. The van der Waals surface area contributed by atoms with E-state index >= 15 is 0 Å². The maximum Gasteiger partial charge on any atom is 0.337 e. The summed E-state index contributed by atoms with van der Waals surface area (Å²) in [5.41, 5.74) is 0.927. The molecule has 0 saturated carbocycles. The highest BCUT2D eigenvalue weighted by Gasteiger charge is 2.13. The molecule has 0 N–H and O–H groups in total. The molecule has 0 unspecified atom stereocenters. The monoisotopic (exact) mass is 426 g/mol. The Morgan fingerprint density at radius 3 is 2.22 bits per heavy atom. The summed E-state index contributed by atoms with van der Waals surface area (Å²) >= 11 is 2.17. The average molecular weight is 426 g/mol. The van der Waals surface area contributed by atoms with Crippen molar-refractivity contribution in [3.8, 4) is 11.5 Å². The molecule has 0 aliphatic heterocycles. The van der Waals surface area contributed by atoms with Gasteiger partial charge in [-0.2, -0.15) is 0 Å². The van der Waals surface area contributed by atoms with Gasteiger partial charge in [0, 0.05) is 9.13 Å². The lowest BCUT2D eigenvalue weighted by Gasteiger charge is -2.11. The van der Waals surface area contributed by atoms with Gasteiger partial charge in [-0.3, -0.25) is 4.79 Å². The van der Waals surface area contributed by atoms with Crippen LogP contribution >= 0.6 is 22.6 Å². The van der Waals surface area contributed by atoms with Crippen molar-refractivity contribution in [2.75, 3.05) is 20.8 Å². The van der Waals surface area contributed by atoms with E-state index in [0.29, 0.717) is 22.6 Å². The highest BCUT2D eigenvalue weighted by molar-refractivity contribution is 14.1. The van der Waals surface area contributed by atoms with Crippen LogP contribution in [0.4, 0.5) is 0 Å². The number of hydrogen-bond acceptors (Lipinski definition) is 5. The fraction of sp³-hybridized carbons (Fsp3) is 0.176.